The van der Waals surface area contributed by atoms with Crippen LogP contribution in [0.1, 0.15) is 5.56 Å². The number of amides is 1. The molecule has 0 saturated carbocycles. The standard InChI is InChI=1S/C22H18F5N7O3/c23-14-4-2-1-3-12(14)9-34-17(13-5-6-37-10-13)7-16(33-34)19-29-8-15(24)18(31-19)30-11-21(36,20(35)32-28)22(25,26)27/h1-8,10,36H,9,11,28H2,(H,32,35)(H,29,30,31). The summed E-state index contributed by atoms with van der Waals surface area (Å²) in [5.74, 6) is 0.199. The molecule has 0 saturated heterocycles. The molecule has 0 bridgehead atoms. The van der Waals surface area contributed by atoms with Gasteiger partial charge in [0.2, 0.25) is 0 Å². The maximum atomic E-state index is 14.3. The summed E-state index contributed by atoms with van der Waals surface area (Å²) in [6.45, 7) is -1.51. The van der Waals surface area contributed by atoms with E-state index in [4.69, 9.17) is 10.3 Å². The molecule has 0 aliphatic rings. The zero-order chi connectivity index (χ0) is 26.8. The molecule has 1 aromatic carbocycles. The number of furan rings is 1. The number of alkyl halides is 3. The predicted octanol–water partition coefficient (Wildman–Crippen LogP) is 2.62. The van der Waals surface area contributed by atoms with Crippen LogP contribution in [0.4, 0.5) is 27.8 Å². The van der Waals surface area contributed by atoms with E-state index in [1.54, 1.807) is 18.2 Å². The first-order valence-corrected chi connectivity index (χ1v) is 10.4. The monoisotopic (exact) mass is 523 g/mol. The summed E-state index contributed by atoms with van der Waals surface area (Å²) < 4.78 is 75.0. The molecule has 37 heavy (non-hydrogen) atoms. The van der Waals surface area contributed by atoms with Gasteiger partial charge in [-0.25, -0.2) is 24.6 Å². The zero-order valence-corrected chi connectivity index (χ0v) is 18.6. The molecule has 4 rings (SSSR count). The summed E-state index contributed by atoms with van der Waals surface area (Å²) in [5.41, 5.74) is -1.34. The van der Waals surface area contributed by atoms with Crippen molar-refractivity contribution in [3.8, 4) is 22.8 Å². The molecule has 0 aliphatic carbocycles. The Morgan fingerprint density at radius 1 is 1.16 bits per heavy atom. The van der Waals surface area contributed by atoms with Crippen molar-refractivity contribution in [1.29, 1.82) is 0 Å². The number of rotatable bonds is 8. The summed E-state index contributed by atoms with van der Waals surface area (Å²) in [6.07, 6.45) is -1.95. The third-order valence-corrected chi connectivity index (χ3v) is 5.34. The van der Waals surface area contributed by atoms with Gasteiger partial charge >= 0.3 is 6.18 Å². The van der Waals surface area contributed by atoms with Gasteiger partial charge in [0.05, 0.1) is 37.5 Å². The van der Waals surface area contributed by atoms with Crippen LogP contribution in [0.15, 0.2) is 59.5 Å². The SMILES string of the molecule is NNC(=O)C(O)(CNc1nc(-c2cc(-c3ccoc3)n(Cc3ccccc3F)n2)ncc1F)C(F)(F)F. The zero-order valence-electron chi connectivity index (χ0n) is 18.6. The second-order valence-corrected chi connectivity index (χ2v) is 7.75. The largest absolute Gasteiger partial charge is 0.472 e. The first-order valence-electron chi connectivity index (χ1n) is 10.4. The van der Waals surface area contributed by atoms with E-state index in [1.165, 1.54) is 40.8 Å². The molecule has 0 fully saturated rings. The summed E-state index contributed by atoms with van der Waals surface area (Å²) in [6, 6.07) is 9.14. The van der Waals surface area contributed by atoms with Gasteiger partial charge in [0.1, 0.15) is 11.5 Å². The number of hydrogen-bond donors (Lipinski definition) is 4. The quantitative estimate of drug-likeness (QED) is 0.119. The van der Waals surface area contributed by atoms with Crippen molar-refractivity contribution in [3.63, 3.8) is 0 Å². The van der Waals surface area contributed by atoms with E-state index in [9.17, 15) is 31.9 Å². The van der Waals surface area contributed by atoms with Crippen LogP contribution in [-0.4, -0.2) is 49.1 Å². The number of carbonyl (C=O) groups excluding carboxylic acids is 1. The summed E-state index contributed by atoms with van der Waals surface area (Å²) in [5, 5.41) is 16.2. The van der Waals surface area contributed by atoms with E-state index in [2.05, 4.69) is 15.1 Å². The molecule has 15 heteroatoms. The molecule has 3 heterocycles. The summed E-state index contributed by atoms with van der Waals surface area (Å²) in [4.78, 5) is 19.3. The summed E-state index contributed by atoms with van der Waals surface area (Å²) in [7, 11) is 0. The molecule has 0 spiro atoms. The number of aliphatic hydroxyl groups is 1. The van der Waals surface area contributed by atoms with Crippen molar-refractivity contribution >= 4 is 11.7 Å². The summed E-state index contributed by atoms with van der Waals surface area (Å²) >= 11 is 0. The van der Waals surface area contributed by atoms with E-state index >= 15 is 0 Å². The van der Waals surface area contributed by atoms with Crippen LogP contribution in [-0.2, 0) is 11.3 Å². The fourth-order valence-corrected chi connectivity index (χ4v) is 3.33. The maximum Gasteiger partial charge on any atom is 0.428 e. The smallest absolute Gasteiger partial charge is 0.428 e. The fourth-order valence-electron chi connectivity index (χ4n) is 3.33. The molecular weight excluding hydrogens is 505 g/mol. The van der Waals surface area contributed by atoms with Gasteiger partial charge in [-0.05, 0) is 18.2 Å². The highest BCUT2D eigenvalue weighted by molar-refractivity contribution is 5.86. The number of carbonyl (C=O) groups is 1. The molecular formula is C22H18F5N7O3. The minimum Gasteiger partial charge on any atom is -0.472 e. The second-order valence-electron chi connectivity index (χ2n) is 7.75. The lowest BCUT2D eigenvalue weighted by Crippen LogP contribution is -2.62. The Balaban J connectivity index is 1.68. The van der Waals surface area contributed by atoms with Gasteiger partial charge in [-0.2, -0.15) is 18.3 Å². The molecule has 3 aromatic heterocycles. The highest BCUT2D eigenvalue weighted by Crippen LogP contribution is 2.32. The number of halogens is 5. The predicted molar refractivity (Wildman–Crippen MR) is 118 cm³/mol. The molecule has 5 N–H and O–H groups in total. The number of aromatic nitrogens is 4. The van der Waals surface area contributed by atoms with Gasteiger partial charge in [-0.3, -0.25) is 14.9 Å². The number of benzene rings is 1. The number of nitrogens with one attached hydrogen (secondary N) is 2. The van der Waals surface area contributed by atoms with Crippen molar-refractivity contribution in [2.24, 2.45) is 5.84 Å². The molecule has 194 valence electrons. The minimum absolute atomic E-state index is 0.00764. The van der Waals surface area contributed by atoms with E-state index in [0.717, 1.165) is 0 Å². The molecule has 1 unspecified atom stereocenters. The van der Waals surface area contributed by atoms with Crippen molar-refractivity contribution < 1.29 is 36.3 Å². The molecule has 1 amide bonds. The van der Waals surface area contributed by atoms with Crippen LogP contribution in [0.2, 0.25) is 0 Å². The first kappa shape index (κ1) is 25.7. The molecule has 10 nitrogen and oxygen atoms in total. The van der Waals surface area contributed by atoms with Crippen molar-refractivity contribution in [3.05, 3.63) is 72.3 Å². The molecule has 0 aliphatic heterocycles. The highest BCUT2D eigenvalue weighted by Gasteiger charge is 2.59. The van der Waals surface area contributed by atoms with Crippen LogP contribution in [0.5, 0.6) is 0 Å². The Morgan fingerprint density at radius 2 is 1.92 bits per heavy atom. The van der Waals surface area contributed by atoms with Crippen LogP contribution in [0, 0.1) is 11.6 Å². The molecule has 1 atom stereocenters. The Bertz CT molecular complexity index is 1410. The topological polar surface area (TPSA) is 144 Å². The molecule has 4 aromatic rings. The van der Waals surface area contributed by atoms with Gasteiger partial charge in [0.15, 0.2) is 17.5 Å². The number of nitrogens with two attached hydrogens (primary N) is 1. The lowest BCUT2D eigenvalue weighted by atomic mass is 10.0. The number of hydrogen-bond acceptors (Lipinski definition) is 8. The lowest BCUT2D eigenvalue weighted by molar-refractivity contribution is -0.246. The van der Waals surface area contributed by atoms with E-state index < -0.39 is 41.7 Å². The van der Waals surface area contributed by atoms with Crippen molar-refractivity contribution in [2.75, 3.05) is 11.9 Å². The van der Waals surface area contributed by atoms with Crippen molar-refractivity contribution in [1.82, 2.24) is 25.2 Å². The second kappa shape index (κ2) is 9.94. The third kappa shape index (κ3) is 5.12. The number of nitrogens with zero attached hydrogens (tertiary/aromatic N) is 4. The lowest BCUT2D eigenvalue weighted by Gasteiger charge is -2.28. The Hall–Kier alpha value is -4.37. The minimum atomic E-state index is -5.44. The van der Waals surface area contributed by atoms with Crippen LogP contribution < -0.4 is 16.6 Å². The van der Waals surface area contributed by atoms with Crippen molar-refractivity contribution in [2.45, 2.75) is 18.3 Å². The maximum absolute atomic E-state index is 14.3. The average molecular weight is 523 g/mol. The third-order valence-electron chi connectivity index (χ3n) is 5.34. The van der Waals surface area contributed by atoms with Crippen LogP contribution in [0.25, 0.3) is 22.8 Å². The van der Waals surface area contributed by atoms with E-state index in [0.29, 0.717) is 23.0 Å². The number of hydrazine groups is 1. The van der Waals surface area contributed by atoms with Gasteiger partial charge in [-0.1, -0.05) is 18.2 Å². The molecule has 0 radical (unpaired) electrons. The van der Waals surface area contributed by atoms with Gasteiger partial charge in [0, 0.05) is 11.1 Å². The normalized spacial score (nSPS) is 13.3. The average Bonchev–Trinajstić information content (AvgIpc) is 3.53. The fraction of sp³-hybridized carbons (Fsp3) is 0.182. The Labute approximate surface area is 204 Å². The van der Waals surface area contributed by atoms with E-state index in [1.807, 2.05) is 5.32 Å². The van der Waals surface area contributed by atoms with Gasteiger partial charge in [-0.15, -0.1) is 0 Å². The highest BCUT2D eigenvalue weighted by atomic mass is 19.4. The van der Waals surface area contributed by atoms with Crippen LogP contribution >= 0.6 is 0 Å². The number of anilines is 1. The van der Waals surface area contributed by atoms with Gasteiger partial charge in [0.25, 0.3) is 11.5 Å². The van der Waals surface area contributed by atoms with Gasteiger partial charge < -0.3 is 14.8 Å². The van der Waals surface area contributed by atoms with E-state index in [-0.39, 0.29) is 18.1 Å². The Morgan fingerprint density at radius 3 is 2.57 bits per heavy atom. The Kier molecular flexibility index (Phi) is 6.91. The first-order chi connectivity index (χ1) is 17.5. The van der Waals surface area contributed by atoms with Crippen LogP contribution in [0.3, 0.4) is 0 Å².